The first-order chi connectivity index (χ1) is 9.49. The van der Waals surface area contributed by atoms with Crippen LogP contribution in [0.4, 0.5) is 4.39 Å². The van der Waals surface area contributed by atoms with E-state index in [-0.39, 0.29) is 31.8 Å². The summed E-state index contributed by atoms with van der Waals surface area (Å²) in [6, 6.07) is 5.04. The fourth-order valence-electron chi connectivity index (χ4n) is 1.39. The average Bonchev–Trinajstić information content (AvgIpc) is 2.39. The van der Waals surface area contributed by atoms with Gasteiger partial charge in [0.15, 0.2) is 0 Å². The molecule has 0 atom stereocenters. The number of carboxylic acids is 1. The van der Waals surface area contributed by atoms with E-state index in [1.54, 1.807) is 0 Å². The van der Waals surface area contributed by atoms with E-state index in [0.717, 1.165) is 0 Å². The summed E-state index contributed by atoms with van der Waals surface area (Å²) >= 11 is 0. The molecule has 0 saturated carbocycles. The summed E-state index contributed by atoms with van der Waals surface area (Å²) in [5.41, 5.74) is 0.303. The van der Waals surface area contributed by atoms with Crippen molar-refractivity contribution < 1.29 is 23.9 Å². The van der Waals surface area contributed by atoms with Gasteiger partial charge in [-0.2, -0.15) is 0 Å². The van der Waals surface area contributed by atoms with Crippen LogP contribution in [0.25, 0.3) is 0 Å². The van der Waals surface area contributed by atoms with Gasteiger partial charge in [0, 0.05) is 25.1 Å². The van der Waals surface area contributed by atoms with E-state index in [1.165, 1.54) is 24.3 Å². The molecule has 7 heteroatoms. The minimum Gasteiger partial charge on any atom is -0.481 e. The number of amides is 2. The summed E-state index contributed by atoms with van der Waals surface area (Å²) in [7, 11) is 0. The van der Waals surface area contributed by atoms with Gasteiger partial charge in [-0.05, 0) is 24.3 Å². The molecule has 0 aromatic heterocycles. The van der Waals surface area contributed by atoms with Gasteiger partial charge in [0.2, 0.25) is 5.91 Å². The van der Waals surface area contributed by atoms with Crippen LogP contribution in [-0.4, -0.2) is 36.0 Å². The molecule has 0 radical (unpaired) electrons. The van der Waals surface area contributed by atoms with Crippen molar-refractivity contribution in [2.24, 2.45) is 0 Å². The Morgan fingerprint density at radius 3 is 2.20 bits per heavy atom. The third kappa shape index (κ3) is 5.94. The van der Waals surface area contributed by atoms with Gasteiger partial charge in [0.25, 0.3) is 5.91 Å². The normalized spacial score (nSPS) is 9.85. The maximum atomic E-state index is 12.7. The van der Waals surface area contributed by atoms with E-state index in [0.29, 0.717) is 5.56 Å². The molecule has 0 heterocycles. The van der Waals surface area contributed by atoms with Gasteiger partial charge >= 0.3 is 5.97 Å². The Kier molecular flexibility index (Phi) is 6.15. The van der Waals surface area contributed by atoms with Crippen molar-refractivity contribution in [3.63, 3.8) is 0 Å². The summed E-state index contributed by atoms with van der Waals surface area (Å²) in [6.07, 6.45) is -0.0970. The third-order valence-electron chi connectivity index (χ3n) is 2.41. The SMILES string of the molecule is O=C(O)CCNC(=O)CCNC(=O)c1ccc(F)cc1. The highest BCUT2D eigenvalue weighted by Gasteiger charge is 2.07. The van der Waals surface area contributed by atoms with Crippen LogP contribution < -0.4 is 10.6 Å². The summed E-state index contributed by atoms with van der Waals surface area (Å²) in [6.45, 7) is 0.176. The van der Waals surface area contributed by atoms with E-state index in [9.17, 15) is 18.8 Å². The molecule has 1 rings (SSSR count). The molecule has 3 N–H and O–H groups in total. The lowest BCUT2D eigenvalue weighted by molar-refractivity contribution is -0.136. The predicted molar refractivity (Wildman–Crippen MR) is 68.6 cm³/mol. The lowest BCUT2D eigenvalue weighted by atomic mass is 10.2. The van der Waals surface area contributed by atoms with Crippen LogP contribution in [0.3, 0.4) is 0 Å². The molecule has 1 aromatic carbocycles. The molecule has 0 bridgehead atoms. The molecular formula is C13H15FN2O4. The van der Waals surface area contributed by atoms with Crippen molar-refractivity contribution >= 4 is 17.8 Å². The zero-order valence-electron chi connectivity index (χ0n) is 10.7. The Morgan fingerprint density at radius 2 is 1.60 bits per heavy atom. The fraction of sp³-hybridized carbons (Fsp3) is 0.308. The first kappa shape index (κ1) is 15.6. The van der Waals surface area contributed by atoms with E-state index >= 15 is 0 Å². The van der Waals surface area contributed by atoms with Gasteiger partial charge in [-0.3, -0.25) is 14.4 Å². The molecule has 0 fully saturated rings. The van der Waals surface area contributed by atoms with Crippen molar-refractivity contribution in [1.82, 2.24) is 10.6 Å². The van der Waals surface area contributed by atoms with E-state index in [1.807, 2.05) is 0 Å². The third-order valence-corrected chi connectivity index (χ3v) is 2.41. The van der Waals surface area contributed by atoms with Gasteiger partial charge in [-0.1, -0.05) is 0 Å². The Bertz CT molecular complexity index is 488. The van der Waals surface area contributed by atoms with Crippen LogP contribution in [0, 0.1) is 5.82 Å². The number of carbonyl (C=O) groups excluding carboxylic acids is 2. The Hall–Kier alpha value is -2.44. The monoisotopic (exact) mass is 282 g/mol. The summed E-state index contributed by atoms with van der Waals surface area (Å²) in [5.74, 6) is -2.16. The Morgan fingerprint density at radius 1 is 1.00 bits per heavy atom. The maximum absolute atomic E-state index is 12.7. The molecule has 6 nitrogen and oxygen atoms in total. The lowest BCUT2D eigenvalue weighted by Crippen LogP contribution is -2.31. The Labute approximate surface area is 115 Å². The average molecular weight is 282 g/mol. The zero-order valence-corrected chi connectivity index (χ0v) is 10.7. The number of benzene rings is 1. The number of halogens is 1. The van der Waals surface area contributed by atoms with E-state index < -0.39 is 17.7 Å². The first-order valence-electron chi connectivity index (χ1n) is 6.01. The Balaban J connectivity index is 2.23. The van der Waals surface area contributed by atoms with Crippen LogP contribution in [-0.2, 0) is 9.59 Å². The molecule has 20 heavy (non-hydrogen) atoms. The molecular weight excluding hydrogens is 267 g/mol. The number of hydrogen-bond acceptors (Lipinski definition) is 3. The summed E-state index contributed by atoms with van der Waals surface area (Å²) in [5, 5.41) is 13.3. The van der Waals surface area contributed by atoms with Crippen molar-refractivity contribution in [2.75, 3.05) is 13.1 Å². The second kappa shape index (κ2) is 7.88. The van der Waals surface area contributed by atoms with Crippen LogP contribution in [0.5, 0.6) is 0 Å². The number of rotatable bonds is 7. The molecule has 0 aliphatic carbocycles. The van der Waals surface area contributed by atoms with Crippen LogP contribution in [0.15, 0.2) is 24.3 Å². The van der Waals surface area contributed by atoms with Crippen LogP contribution in [0.1, 0.15) is 23.2 Å². The quantitative estimate of drug-likeness (QED) is 0.680. The van der Waals surface area contributed by atoms with Gasteiger partial charge in [0.1, 0.15) is 5.82 Å². The van der Waals surface area contributed by atoms with Crippen molar-refractivity contribution in [3.05, 3.63) is 35.6 Å². The smallest absolute Gasteiger partial charge is 0.305 e. The number of carboxylic acid groups (broad SMARTS) is 1. The topological polar surface area (TPSA) is 95.5 Å². The molecule has 0 spiro atoms. The molecule has 108 valence electrons. The van der Waals surface area contributed by atoms with Crippen LogP contribution >= 0.6 is 0 Å². The molecule has 1 aromatic rings. The predicted octanol–water partition coefficient (Wildman–Crippen LogP) is 0.537. The van der Waals surface area contributed by atoms with Gasteiger partial charge in [-0.25, -0.2) is 4.39 Å². The number of carbonyl (C=O) groups is 3. The van der Waals surface area contributed by atoms with E-state index in [2.05, 4.69) is 10.6 Å². The van der Waals surface area contributed by atoms with Gasteiger partial charge in [0.05, 0.1) is 6.42 Å². The highest BCUT2D eigenvalue weighted by atomic mass is 19.1. The first-order valence-corrected chi connectivity index (χ1v) is 6.01. The largest absolute Gasteiger partial charge is 0.481 e. The zero-order chi connectivity index (χ0) is 15.0. The van der Waals surface area contributed by atoms with Crippen molar-refractivity contribution in [3.8, 4) is 0 Å². The fourth-order valence-corrected chi connectivity index (χ4v) is 1.39. The minimum atomic E-state index is -0.991. The highest BCUT2D eigenvalue weighted by Crippen LogP contribution is 2.02. The van der Waals surface area contributed by atoms with Gasteiger partial charge in [-0.15, -0.1) is 0 Å². The number of hydrogen-bond donors (Lipinski definition) is 3. The summed E-state index contributed by atoms with van der Waals surface area (Å²) < 4.78 is 12.7. The van der Waals surface area contributed by atoms with Crippen molar-refractivity contribution in [2.45, 2.75) is 12.8 Å². The standard InChI is InChI=1S/C13H15FN2O4/c14-10-3-1-9(2-4-10)13(20)16-7-5-11(17)15-8-6-12(18)19/h1-4H,5-8H2,(H,15,17)(H,16,20)(H,18,19). The molecule has 0 unspecified atom stereocenters. The van der Waals surface area contributed by atoms with Gasteiger partial charge < -0.3 is 15.7 Å². The summed E-state index contributed by atoms with van der Waals surface area (Å²) in [4.78, 5) is 33.1. The molecule has 0 saturated heterocycles. The second-order valence-corrected chi connectivity index (χ2v) is 4.01. The lowest BCUT2D eigenvalue weighted by Gasteiger charge is -2.06. The second-order valence-electron chi connectivity index (χ2n) is 4.01. The van der Waals surface area contributed by atoms with Crippen molar-refractivity contribution in [1.29, 1.82) is 0 Å². The molecule has 2 amide bonds. The minimum absolute atomic E-state index is 0.0482. The maximum Gasteiger partial charge on any atom is 0.305 e. The molecule has 0 aliphatic heterocycles. The number of nitrogens with one attached hydrogen (secondary N) is 2. The van der Waals surface area contributed by atoms with E-state index in [4.69, 9.17) is 5.11 Å². The van der Waals surface area contributed by atoms with Crippen LogP contribution in [0.2, 0.25) is 0 Å². The molecule has 0 aliphatic rings. The number of aliphatic carboxylic acids is 1. The highest BCUT2D eigenvalue weighted by molar-refractivity contribution is 5.94.